The molecule has 0 bridgehead atoms. The average Bonchev–Trinajstić information content (AvgIpc) is 2.89. The lowest BCUT2D eigenvalue weighted by atomic mass is 9.90. The highest BCUT2D eigenvalue weighted by atomic mass is 19.1. The monoisotopic (exact) mass is 308 g/mol. The average molecular weight is 308 g/mol. The zero-order chi connectivity index (χ0) is 16.0. The van der Waals surface area contributed by atoms with Crippen LogP contribution < -0.4 is 5.32 Å². The number of nitrogens with one attached hydrogen (secondary N) is 1. The van der Waals surface area contributed by atoms with Crippen LogP contribution in [0.15, 0.2) is 53.1 Å². The summed E-state index contributed by atoms with van der Waals surface area (Å²) in [5.74, 6) is -0.997. The number of hydrogen-bond acceptors (Lipinski definition) is 2. The van der Waals surface area contributed by atoms with Crippen LogP contribution in [0, 0.1) is 11.7 Å². The number of fused-ring (bicyclic) bond motifs is 2. The van der Waals surface area contributed by atoms with Gasteiger partial charge in [-0.05, 0) is 29.3 Å². The van der Waals surface area contributed by atoms with Crippen LogP contribution in [0.5, 0.6) is 0 Å². The predicted octanol–water partition coefficient (Wildman–Crippen LogP) is 2.26. The van der Waals surface area contributed by atoms with E-state index < -0.39 is 5.82 Å². The molecule has 1 aromatic carbocycles. The molecule has 2 heterocycles. The van der Waals surface area contributed by atoms with E-state index in [2.05, 4.69) is 10.3 Å². The van der Waals surface area contributed by atoms with Gasteiger partial charge in [-0.25, -0.2) is 9.38 Å². The highest BCUT2D eigenvalue weighted by Crippen LogP contribution is 2.26. The summed E-state index contributed by atoms with van der Waals surface area (Å²) in [7, 11) is 0. The van der Waals surface area contributed by atoms with E-state index in [0.29, 0.717) is 34.5 Å². The van der Waals surface area contributed by atoms with Crippen molar-refractivity contribution in [3.63, 3.8) is 0 Å². The van der Waals surface area contributed by atoms with Crippen LogP contribution in [0.4, 0.5) is 4.39 Å². The molecule has 23 heavy (non-hydrogen) atoms. The summed E-state index contributed by atoms with van der Waals surface area (Å²) in [6, 6.07) is 2.91. The number of amides is 2. The summed E-state index contributed by atoms with van der Waals surface area (Å²) in [6.45, 7) is 0.347. The van der Waals surface area contributed by atoms with Crippen molar-refractivity contribution in [2.45, 2.75) is 13.0 Å². The Morgan fingerprint density at radius 1 is 1.26 bits per heavy atom. The lowest BCUT2D eigenvalue weighted by Crippen LogP contribution is -2.20. The van der Waals surface area contributed by atoms with Crippen LogP contribution in [0.2, 0.25) is 0 Å². The van der Waals surface area contributed by atoms with Gasteiger partial charge < -0.3 is 5.32 Å². The van der Waals surface area contributed by atoms with E-state index in [1.165, 1.54) is 12.1 Å². The van der Waals surface area contributed by atoms with E-state index in [0.717, 1.165) is 0 Å². The van der Waals surface area contributed by atoms with Gasteiger partial charge in [0, 0.05) is 30.0 Å². The number of aliphatic imine (C=N–C) groups is 1. The summed E-state index contributed by atoms with van der Waals surface area (Å²) < 4.78 is 14.2. The maximum absolute atomic E-state index is 14.2. The molecule has 0 fully saturated rings. The maximum Gasteiger partial charge on any atom is 0.273 e. The van der Waals surface area contributed by atoms with Gasteiger partial charge in [0.25, 0.3) is 11.8 Å². The van der Waals surface area contributed by atoms with Crippen molar-refractivity contribution in [3.8, 4) is 0 Å². The molecule has 1 aliphatic carbocycles. The fraction of sp³-hybridized carbons (Fsp3) is 0.167. The minimum atomic E-state index is -0.400. The molecule has 0 spiro atoms. The van der Waals surface area contributed by atoms with Crippen molar-refractivity contribution in [3.05, 3.63) is 70.6 Å². The van der Waals surface area contributed by atoms with Crippen LogP contribution in [-0.4, -0.2) is 17.5 Å². The van der Waals surface area contributed by atoms with Crippen LogP contribution in [0.1, 0.15) is 21.5 Å². The third-order valence-corrected chi connectivity index (χ3v) is 4.26. The normalized spacial score (nSPS) is 21.5. The summed E-state index contributed by atoms with van der Waals surface area (Å²) >= 11 is 0. The van der Waals surface area contributed by atoms with E-state index in [-0.39, 0.29) is 24.2 Å². The fourth-order valence-electron chi connectivity index (χ4n) is 3.04. The lowest BCUT2D eigenvalue weighted by Gasteiger charge is -2.18. The number of carbonyl (C=O) groups excluding carboxylic acids is 2. The topological polar surface area (TPSA) is 58.5 Å². The number of hydrogen-bond donors (Lipinski definition) is 1. The second-order valence-corrected chi connectivity index (χ2v) is 5.76. The lowest BCUT2D eigenvalue weighted by molar-refractivity contribution is -0.114. The minimum absolute atomic E-state index is 0.0477. The van der Waals surface area contributed by atoms with Gasteiger partial charge in [0.05, 0.1) is 5.71 Å². The highest BCUT2D eigenvalue weighted by Gasteiger charge is 2.25. The maximum atomic E-state index is 14.2. The van der Waals surface area contributed by atoms with E-state index in [4.69, 9.17) is 0 Å². The second kappa shape index (κ2) is 5.12. The first kappa shape index (κ1) is 13.8. The van der Waals surface area contributed by atoms with Gasteiger partial charge in [-0.3, -0.25) is 9.59 Å². The SMILES string of the molecule is O=C1N=C2C=CC=CC2C=C1Cc1cc2c(cc1F)CNC2=O. The number of carbonyl (C=O) groups is 2. The van der Waals surface area contributed by atoms with Gasteiger partial charge in [-0.2, -0.15) is 0 Å². The van der Waals surface area contributed by atoms with Crippen molar-refractivity contribution in [2.24, 2.45) is 10.9 Å². The summed E-state index contributed by atoms with van der Waals surface area (Å²) in [6.07, 6.45) is 9.43. The second-order valence-electron chi connectivity index (χ2n) is 5.76. The van der Waals surface area contributed by atoms with Crippen LogP contribution in [-0.2, 0) is 17.8 Å². The molecular formula is C18H13FN2O2. The van der Waals surface area contributed by atoms with Gasteiger partial charge >= 0.3 is 0 Å². The molecule has 2 aliphatic heterocycles. The van der Waals surface area contributed by atoms with Gasteiger partial charge in [0.2, 0.25) is 0 Å². The molecule has 3 aliphatic rings. The molecule has 1 N–H and O–H groups in total. The summed E-state index contributed by atoms with van der Waals surface area (Å²) in [5.41, 5.74) is 2.64. The van der Waals surface area contributed by atoms with Gasteiger partial charge in [-0.1, -0.05) is 24.3 Å². The Bertz CT molecular complexity index is 862. The molecule has 5 heteroatoms. The Morgan fingerprint density at radius 3 is 3.00 bits per heavy atom. The zero-order valence-electron chi connectivity index (χ0n) is 12.2. The Morgan fingerprint density at radius 2 is 2.13 bits per heavy atom. The van der Waals surface area contributed by atoms with Crippen LogP contribution in [0.25, 0.3) is 0 Å². The third kappa shape index (κ3) is 2.34. The predicted molar refractivity (Wildman–Crippen MR) is 83.6 cm³/mol. The van der Waals surface area contributed by atoms with Crippen molar-refractivity contribution >= 4 is 17.5 Å². The van der Waals surface area contributed by atoms with Crippen LogP contribution >= 0.6 is 0 Å². The zero-order valence-corrected chi connectivity index (χ0v) is 12.2. The number of halogens is 1. The molecule has 0 saturated carbocycles. The van der Waals surface area contributed by atoms with Crippen LogP contribution in [0.3, 0.4) is 0 Å². The van der Waals surface area contributed by atoms with E-state index in [9.17, 15) is 14.0 Å². The van der Waals surface area contributed by atoms with Crippen molar-refractivity contribution in [2.75, 3.05) is 0 Å². The summed E-state index contributed by atoms with van der Waals surface area (Å²) in [4.78, 5) is 27.9. The largest absolute Gasteiger partial charge is 0.348 e. The summed E-state index contributed by atoms with van der Waals surface area (Å²) in [5, 5.41) is 2.66. The first-order valence-corrected chi connectivity index (χ1v) is 7.40. The fourth-order valence-corrected chi connectivity index (χ4v) is 3.04. The van der Waals surface area contributed by atoms with Gasteiger partial charge in [-0.15, -0.1) is 0 Å². The minimum Gasteiger partial charge on any atom is -0.348 e. The van der Waals surface area contributed by atoms with Crippen molar-refractivity contribution in [1.82, 2.24) is 5.32 Å². The highest BCUT2D eigenvalue weighted by molar-refractivity contribution is 6.13. The van der Waals surface area contributed by atoms with E-state index in [1.54, 1.807) is 6.08 Å². The molecule has 0 saturated heterocycles. The third-order valence-electron chi connectivity index (χ3n) is 4.26. The Balaban J connectivity index is 1.66. The molecule has 0 radical (unpaired) electrons. The van der Waals surface area contributed by atoms with E-state index >= 15 is 0 Å². The Kier molecular flexibility index (Phi) is 3.08. The molecule has 1 atom stereocenters. The molecule has 1 aromatic rings. The van der Waals surface area contributed by atoms with E-state index in [1.807, 2.05) is 24.3 Å². The molecule has 114 valence electrons. The smallest absolute Gasteiger partial charge is 0.273 e. The Hall–Kier alpha value is -2.82. The molecule has 4 rings (SSSR count). The molecule has 2 amide bonds. The number of dihydropyridines is 1. The van der Waals surface area contributed by atoms with Gasteiger partial charge in [0.1, 0.15) is 5.82 Å². The first-order chi connectivity index (χ1) is 11.1. The van der Waals surface area contributed by atoms with Gasteiger partial charge in [0.15, 0.2) is 0 Å². The van der Waals surface area contributed by atoms with Crippen molar-refractivity contribution in [1.29, 1.82) is 0 Å². The standard InChI is InChI=1S/C18H13FN2O2/c19-15-8-13-9-20-18(23)14(13)7-11(15)6-12-5-10-3-1-2-4-16(10)21-17(12)22/h1-5,7-8,10H,6,9H2,(H,20,23). The molecule has 4 nitrogen and oxygen atoms in total. The van der Waals surface area contributed by atoms with Crippen molar-refractivity contribution < 1.29 is 14.0 Å². The first-order valence-electron chi connectivity index (χ1n) is 7.40. The quantitative estimate of drug-likeness (QED) is 0.911. The number of rotatable bonds is 2. The number of allylic oxidation sites excluding steroid dienone is 5. The number of benzene rings is 1. The molecular weight excluding hydrogens is 295 g/mol. The Labute approximate surface area is 132 Å². The molecule has 0 aromatic heterocycles. The number of nitrogens with zero attached hydrogens (tertiary/aromatic N) is 1. The molecule has 1 unspecified atom stereocenters.